The molecule has 0 spiro atoms. The van der Waals surface area contributed by atoms with Crippen LogP contribution in [0.2, 0.25) is 0 Å². The van der Waals surface area contributed by atoms with E-state index in [1.165, 1.54) is 10.9 Å². The molecular formula is C22H25N3. The van der Waals surface area contributed by atoms with E-state index in [9.17, 15) is 0 Å². The van der Waals surface area contributed by atoms with Crippen molar-refractivity contribution in [2.75, 3.05) is 32.5 Å². The van der Waals surface area contributed by atoms with E-state index in [1.807, 2.05) is 24.3 Å². The third kappa shape index (κ3) is 4.91. The summed E-state index contributed by atoms with van der Waals surface area (Å²) in [5.41, 5.74) is 4.32. The summed E-state index contributed by atoms with van der Waals surface area (Å²) in [5.74, 6) is 0. The molecule has 3 heteroatoms. The van der Waals surface area contributed by atoms with E-state index < -0.39 is 0 Å². The van der Waals surface area contributed by atoms with Gasteiger partial charge in [-0.3, -0.25) is 0 Å². The number of hydrogen-bond acceptors (Lipinski definition) is 3. The second-order valence-corrected chi connectivity index (χ2v) is 6.44. The van der Waals surface area contributed by atoms with Gasteiger partial charge in [-0.25, -0.2) is 4.98 Å². The number of rotatable bonds is 7. The number of para-hydroxylation sites is 1. The number of nitrogens with zero attached hydrogens (tertiary/aromatic N) is 2. The predicted octanol–water partition coefficient (Wildman–Crippen LogP) is 4.77. The Labute approximate surface area is 150 Å². The molecule has 0 radical (unpaired) electrons. The standard InChI is InChI=1S/C22H25N3/c1-25(2)16-8-15-23-22-17-19(14-13-18-9-4-3-5-10-18)24-21-12-7-6-11-20(21)22/h3-7,9-14,17H,8,15-16H2,1-2H3,(H,23,24). The summed E-state index contributed by atoms with van der Waals surface area (Å²) in [5, 5.41) is 4.75. The number of hydrogen-bond donors (Lipinski definition) is 1. The van der Waals surface area contributed by atoms with Crippen molar-refractivity contribution >= 4 is 28.7 Å². The van der Waals surface area contributed by atoms with Crippen molar-refractivity contribution in [3.8, 4) is 0 Å². The molecule has 0 unspecified atom stereocenters. The Morgan fingerprint density at radius 3 is 2.52 bits per heavy atom. The Hall–Kier alpha value is -2.65. The van der Waals surface area contributed by atoms with Crippen LogP contribution in [0.1, 0.15) is 17.7 Å². The van der Waals surface area contributed by atoms with Crippen LogP contribution < -0.4 is 5.32 Å². The fourth-order valence-corrected chi connectivity index (χ4v) is 2.79. The molecule has 0 atom stereocenters. The zero-order chi connectivity index (χ0) is 17.5. The molecule has 1 N–H and O–H groups in total. The van der Waals surface area contributed by atoms with Crippen LogP contribution in [-0.2, 0) is 0 Å². The second-order valence-electron chi connectivity index (χ2n) is 6.44. The minimum Gasteiger partial charge on any atom is -0.384 e. The third-order valence-electron chi connectivity index (χ3n) is 4.08. The molecule has 0 amide bonds. The Morgan fingerprint density at radius 1 is 0.960 bits per heavy atom. The van der Waals surface area contributed by atoms with Crippen LogP contribution in [0.3, 0.4) is 0 Å². The van der Waals surface area contributed by atoms with Crippen LogP contribution in [-0.4, -0.2) is 37.1 Å². The van der Waals surface area contributed by atoms with Gasteiger partial charge < -0.3 is 10.2 Å². The third-order valence-corrected chi connectivity index (χ3v) is 4.08. The second kappa shape index (κ2) is 8.45. The van der Waals surface area contributed by atoms with Gasteiger partial charge in [0.05, 0.1) is 11.2 Å². The molecule has 128 valence electrons. The van der Waals surface area contributed by atoms with Gasteiger partial charge in [-0.15, -0.1) is 0 Å². The predicted molar refractivity (Wildman–Crippen MR) is 109 cm³/mol. The van der Waals surface area contributed by atoms with Gasteiger partial charge in [0.15, 0.2) is 0 Å². The van der Waals surface area contributed by atoms with Crippen LogP contribution in [0.5, 0.6) is 0 Å². The molecule has 0 bridgehead atoms. The minimum atomic E-state index is 0.952. The van der Waals surface area contributed by atoms with Gasteiger partial charge in [0.25, 0.3) is 0 Å². The Morgan fingerprint density at radius 2 is 1.72 bits per heavy atom. The number of fused-ring (bicyclic) bond motifs is 1. The molecular weight excluding hydrogens is 306 g/mol. The largest absolute Gasteiger partial charge is 0.384 e. The van der Waals surface area contributed by atoms with E-state index >= 15 is 0 Å². The molecule has 0 saturated carbocycles. The summed E-state index contributed by atoms with van der Waals surface area (Å²) < 4.78 is 0. The van der Waals surface area contributed by atoms with Gasteiger partial charge in [-0.05, 0) is 50.8 Å². The summed E-state index contributed by atoms with van der Waals surface area (Å²) in [6, 6.07) is 20.7. The zero-order valence-electron chi connectivity index (χ0n) is 14.9. The monoisotopic (exact) mass is 331 g/mol. The number of nitrogens with one attached hydrogen (secondary N) is 1. The lowest BCUT2D eigenvalue weighted by Crippen LogP contribution is -2.16. The van der Waals surface area contributed by atoms with E-state index in [1.54, 1.807) is 0 Å². The summed E-state index contributed by atoms with van der Waals surface area (Å²) in [6.45, 7) is 2.03. The SMILES string of the molecule is CN(C)CCCNc1cc(C=Cc2ccccc2)nc2ccccc12. The highest BCUT2D eigenvalue weighted by atomic mass is 15.1. The van der Waals surface area contributed by atoms with Gasteiger partial charge in [0, 0.05) is 17.6 Å². The maximum absolute atomic E-state index is 4.77. The molecule has 1 aromatic heterocycles. The van der Waals surface area contributed by atoms with E-state index in [0.29, 0.717) is 0 Å². The molecule has 3 rings (SSSR count). The van der Waals surface area contributed by atoms with Crippen LogP contribution in [0.25, 0.3) is 23.1 Å². The molecule has 3 nitrogen and oxygen atoms in total. The first-order chi connectivity index (χ1) is 12.2. The maximum atomic E-state index is 4.77. The van der Waals surface area contributed by atoms with Gasteiger partial charge >= 0.3 is 0 Å². The summed E-state index contributed by atoms with van der Waals surface area (Å²) in [4.78, 5) is 6.98. The summed E-state index contributed by atoms with van der Waals surface area (Å²) >= 11 is 0. The van der Waals surface area contributed by atoms with E-state index in [-0.39, 0.29) is 0 Å². The van der Waals surface area contributed by atoms with Crippen molar-refractivity contribution in [2.45, 2.75) is 6.42 Å². The molecule has 25 heavy (non-hydrogen) atoms. The maximum Gasteiger partial charge on any atom is 0.0730 e. The molecule has 0 aliphatic heterocycles. The molecule has 2 aromatic carbocycles. The first-order valence-corrected chi connectivity index (χ1v) is 8.74. The average molecular weight is 331 g/mol. The van der Waals surface area contributed by atoms with Gasteiger partial charge in [-0.1, -0.05) is 54.6 Å². The number of pyridine rings is 1. The smallest absolute Gasteiger partial charge is 0.0730 e. The normalized spacial score (nSPS) is 11.5. The minimum absolute atomic E-state index is 0.952. The molecule has 0 aliphatic rings. The lowest BCUT2D eigenvalue weighted by atomic mass is 10.1. The van der Waals surface area contributed by atoms with Crippen molar-refractivity contribution in [2.24, 2.45) is 0 Å². The van der Waals surface area contributed by atoms with E-state index in [0.717, 1.165) is 36.4 Å². The lowest BCUT2D eigenvalue weighted by Gasteiger charge is -2.13. The summed E-state index contributed by atoms with van der Waals surface area (Å²) in [7, 11) is 4.21. The quantitative estimate of drug-likeness (QED) is 0.632. The highest BCUT2D eigenvalue weighted by Gasteiger charge is 2.04. The number of aromatic nitrogens is 1. The van der Waals surface area contributed by atoms with Crippen LogP contribution in [0.4, 0.5) is 5.69 Å². The summed E-state index contributed by atoms with van der Waals surface area (Å²) in [6.07, 6.45) is 5.29. The zero-order valence-corrected chi connectivity index (χ0v) is 14.9. The fourth-order valence-electron chi connectivity index (χ4n) is 2.79. The van der Waals surface area contributed by atoms with Crippen molar-refractivity contribution in [3.05, 3.63) is 71.9 Å². The highest BCUT2D eigenvalue weighted by molar-refractivity contribution is 5.92. The first-order valence-electron chi connectivity index (χ1n) is 8.74. The lowest BCUT2D eigenvalue weighted by molar-refractivity contribution is 0.405. The van der Waals surface area contributed by atoms with Crippen molar-refractivity contribution in [3.63, 3.8) is 0 Å². The van der Waals surface area contributed by atoms with Gasteiger partial charge in [0.2, 0.25) is 0 Å². The number of benzene rings is 2. The van der Waals surface area contributed by atoms with Gasteiger partial charge in [-0.2, -0.15) is 0 Å². The fraction of sp³-hybridized carbons (Fsp3) is 0.227. The first kappa shape index (κ1) is 17.2. The van der Waals surface area contributed by atoms with Crippen molar-refractivity contribution in [1.82, 2.24) is 9.88 Å². The molecule has 0 fully saturated rings. The highest BCUT2D eigenvalue weighted by Crippen LogP contribution is 2.24. The van der Waals surface area contributed by atoms with Crippen LogP contribution in [0.15, 0.2) is 60.7 Å². The van der Waals surface area contributed by atoms with Crippen LogP contribution in [0, 0.1) is 0 Å². The molecule has 0 saturated heterocycles. The molecule has 3 aromatic rings. The van der Waals surface area contributed by atoms with Crippen molar-refractivity contribution in [1.29, 1.82) is 0 Å². The Kier molecular flexibility index (Phi) is 5.81. The molecule has 0 aliphatic carbocycles. The Bertz CT molecular complexity index is 838. The average Bonchev–Trinajstić information content (AvgIpc) is 2.64. The van der Waals surface area contributed by atoms with E-state index in [4.69, 9.17) is 4.98 Å². The van der Waals surface area contributed by atoms with Crippen LogP contribution >= 0.6 is 0 Å². The topological polar surface area (TPSA) is 28.2 Å². The number of anilines is 1. The van der Waals surface area contributed by atoms with E-state index in [2.05, 4.69) is 72.9 Å². The van der Waals surface area contributed by atoms with Gasteiger partial charge in [0.1, 0.15) is 0 Å². The van der Waals surface area contributed by atoms with Crippen molar-refractivity contribution < 1.29 is 0 Å². The Balaban J connectivity index is 1.83. The molecule has 1 heterocycles.